The molecule has 0 aliphatic carbocycles. The molecule has 0 spiro atoms. The highest BCUT2D eigenvalue weighted by Crippen LogP contribution is 2.31. The number of aryl methyl sites for hydroxylation is 1. The van der Waals surface area contributed by atoms with Crippen LogP contribution in [0, 0.1) is 6.92 Å². The van der Waals surface area contributed by atoms with Crippen molar-refractivity contribution in [1.82, 2.24) is 9.88 Å². The van der Waals surface area contributed by atoms with E-state index in [9.17, 15) is 0 Å². The van der Waals surface area contributed by atoms with E-state index in [0.717, 1.165) is 25.4 Å². The summed E-state index contributed by atoms with van der Waals surface area (Å²) in [5.41, 5.74) is 3.89. The van der Waals surface area contributed by atoms with Gasteiger partial charge in [-0.1, -0.05) is 38.5 Å². The van der Waals surface area contributed by atoms with Crippen molar-refractivity contribution < 1.29 is 4.74 Å². The second kappa shape index (κ2) is 8.48. The molecule has 1 aromatic carbocycles. The molecule has 1 aliphatic rings. The normalized spacial score (nSPS) is 18.5. The summed E-state index contributed by atoms with van der Waals surface area (Å²) in [7, 11) is 0. The minimum atomic E-state index is 0.480. The van der Waals surface area contributed by atoms with Gasteiger partial charge < -0.3 is 4.74 Å². The predicted octanol–water partition coefficient (Wildman–Crippen LogP) is 5.12. The maximum absolute atomic E-state index is 6.21. The van der Waals surface area contributed by atoms with Gasteiger partial charge in [-0.15, -0.1) is 0 Å². The van der Waals surface area contributed by atoms with E-state index in [0.29, 0.717) is 12.0 Å². The molecule has 25 heavy (non-hydrogen) atoms. The highest BCUT2D eigenvalue weighted by atomic mass is 16.5. The second-order valence-corrected chi connectivity index (χ2v) is 7.38. The zero-order valence-electron chi connectivity index (χ0n) is 15.7. The number of hydrogen-bond donors (Lipinski definition) is 0. The monoisotopic (exact) mass is 338 g/mol. The number of benzene rings is 1. The van der Waals surface area contributed by atoms with Crippen LogP contribution in [0.1, 0.15) is 61.8 Å². The molecule has 1 saturated heterocycles. The van der Waals surface area contributed by atoms with Gasteiger partial charge in [0.05, 0.1) is 0 Å². The summed E-state index contributed by atoms with van der Waals surface area (Å²) in [4.78, 5) is 6.87. The third-order valence-corrected chi connectivity index (χ3v) is 5.11. The third kappa shape index (κ3) is 4.60. The average Bonchev–Trinajstić information content (AvgIpc) is 2.63. The fourth-order valence-corrected chi connectivity index (χ4v) is 3.73. The van der Waals surface area contributed by atoms with Gasteiger partial charge in [0.2, 0.25) is 0 Å². The summed E-state index contributed by atoms with van der Waals surface area (Å²) in [6.07, 6.45) is 7.66. The summed E-state index contributed by atoms with van der Waals surface area (Å²) in [6.45, 7) is 9.42. The first-order chi connectivity index (χ1) is 12.1. The largest absolute Gasteiger partial charge is 0.492 e. The Bertz CT molecular complexity index is 669. The lowest BCUT2D eigenvalue weighted by atomic mass is 9.96. The molecule has 0 saturated carbocycles. The lowest BCUT2D eigenvalue weighted by Crippen LogP contribution is -2.36. The SMILES string of the molecule is Cc1ccc(C(C)C)c(OCCN2CCCC[C@H]2c2cccnc2)c1. The van der Waals surface area contributed by atoms with E-state index < -0.39 is 0 Å². The molecule has 1 aliphatic heterocycles. The third-order valence-electron chi connectivity index (χ3n) is 5.11. The number of nitrogens with zero attached hydrogens (tertiary/aromatic N) is 2. The van der Waals surface area contributed by atoms with Crippen LogP contribution in [0.2, 0.25) is 0 Å². The Morgan fingerprint density at radius 1 is 1.24 bits per heavy atom. The zero-order valence-corrected chi connectivity index (χ0v) is 15.7. The van der Waals surface area contributed by atoms with Gasteiger partial charge in [0.1, 0.15) is 12.4 Å². The van der Waals surface area contributed by atoms with Gasteiger partial charge in [-0.2, -0.15) is 0 Å². The van der Waals surface area contributed by atoms with Crippen molar-refractivity contribution in [3.05, 3.63) is 59.4 Å². The topological polar surface area (TPSA) is 25.4 Å². The van der Waals surface area contributed by atoms with Crippen LogP contribution in [0.3, 0.4) is 0 Å². The van der Waals surface area contributed by atoms with Crippen molar-refractivity contribution in [2.24, 2.45) is 0 Å². The van der Waals surface area contributed by atoms with E-state index in [-0.39, 0.29) is 0 Å². The molecule has 1 atom stereocenters. The number of piperidine rings is 1. The van der Waals surface area contributed by atoms with Crippen LogP contribution in [-0.2, 0) is 0 Å². The minimum absolute atomic E-state index is 0.480. The number of likely N-dealkylation sites (tertiary alicyclic amines) is 1. The molecule has 3 heteroatoms. The van der Waals surface area contributed by atoms with Crippen molar-refractivity contribution >= 4 is 0 Å². The summed E-state index contributed by atoms with van der Waals surface area (Å²) in [5.74, 6) is 1.53. The van der Waals surface area contributed by atoms with Gasteiger partial charge in [0.15, 0.2) is 0 Å². The molecule has 0 radical (unpaired) electrons. The lowest BCUT2D eigenvalue weighted by Gasteiger charge is -2.35. The van der Waals surface area contributed by atoms with Crippen molar-refractivity contribution in [3.8, 4) is 5.75 Å². The summed E-state index contributed by atoms with van der Waals surface area (Å²) < 4.78 is 6.21. The van der Waals surface area contributed by atoms with E-state index in [1.54, 1.807) is 0 Å². The molecular formula is C22H30N2O. The molecule has 0 N–H and O–H groups in total. The van der Waals surface area contributed by atoms with Gasteiger partial charge in [-0.25, -0.2) is 0 Å². The molecule has 0 bridgehead atoms. The second-order valence-electron chi connectivity index (χ2n) is 7.38. The fourth-order valence-electron chi connectivity index (χ4n) is 3.73. The Labute approximate surface area is 152 Å². The highest BCUT2D eigenvalue weighted by molar-refractivity contribution is 5.39. The first-order valence-electron chi connectivity index (χ1n) is 9.52. The Kier molecular flexibility index (Phi) is 6.09. The quantitative estimate of drug-likeness (QED) is 0.731. The average molecular weight is 338 g/mol. The minimum Gasteiger partial charge on any atom is -0.492 e. The summed E-state index contributed by atoms with van der Waals surface area (Å²) in [5, 5.41) is 0. The van der Waals surface area contributed by atoms with Crippen molar-refractivity contribution in [2.45, 2.75) is 52.0 Å². The van der Waals surface area contributed by atoms with E-state index in [2.05, 4.69) is 54.9 Å². The van der Waals surface area contributed by atoms with Crippen molar-refractivity contribution in [2.75, 3.05) is 19.7 Å². The molecule has 0 unspecified atom stereocenters. The van der Waals surface area contributed by atoms with E-state index in [1.165, 1.54) is 36.0 Å². The Morgan fingerprint density at radius 2 is 2.12 bits per heavy atom. The molecule has 2 heterocycles. The van der Waals surface area contributed by atoms with E-state index in [1.807, 2.05) is 18.5 Å². The van der Waals surface area contributed by atoms with Gasteiger partial charge >= 0.3 is 0 Å². The van der Waals surface area contributed by atoms with Gasteiger partial charge in [-0.3, -0.25) is 9.88 Å². The summed E-state index contributed by atoms with van der Waals surface area (Å²) >= 11 is 0. The Balaban J connectivity index is 1.64. The maximum atomic E-state index is 6.21. The van der Waals surface area contributed by atoms with E-state index in [4.69, 9.17) is 4.74 Å². The molecule has 134 valence electrons. The van der Waals surface area contributed by atoms with Crippen LogP contribution in [0.15, 0.2) is 42.7 Å². The first kappa shape index (κ1) is 17.9. The van der Waals surface area contributed by atoms with E-state index >= 15 is 0 Å². The van der Waals surface area contributed by atoms with Gasteiger partial charge in [0, 0.05) is 25.0 Å². The number of hydrogen-bond acceptors (Lipinski definition) is 3. The number of aromatic nitrogens is 1. The molecule has 0 amide bonds. The number of ether oxygens (including phenoxy) is 1. The van der Waals surface area contributed by atoms with Gasteiger partial charge in [0.25, 0.3) is 0 Å². The fraction of sp³-hybridized carbons (Fsp3) is 0.500. The van der Waals surface area contributed by atoms with Crippen LogP contribution < -0.4 is 4.74 Å². The molecule has 2 aromatic rings. The smallest absolute Gasteiger partial charge is 0.123 e. The van der Waals surface area contributed by atoms with Crippen molar-refractivity contribution in [1.29, 1.82) is 0 Å². The standard InChI is InChI=1S/C22H30N2O/c1-17(2)20-10-9-18(3)15-22(20)25-14-13-24-12-5-4-8-21(24)19-7-6-11-23-16-19/h6-7,9-11,15-17,21H,4-5,8,12-14H2,1-3H3/t21-/m0/s1. The first-order valence-corrected chi connectivity index (χ1v) is 9.52. The van der Waals surface area contributed by atoms with Crippen LogP contribution >= 0.6 is 0 Å². The van der Waals surface area contributed by atoms with Crippen LogP contribution in [0.5, 0.6) is 5.75 Å². The molecule has 1 aromatic heterocycles. The molecular weight excluding hydrogens is 308 g/mol. The highest BCUT2D eigenvalue weighted by Gasteiger charge is 2.23. The Morgan fingerprint density at radius 3 is 2.88 bits per heavy atom. The zero-order chi connectivity index (χ0) is 17.6. The van der Waals surface area contributed by atoms with Crippen LogP contribution in [-0.4, -0.2) is 29.6 Å². The number of pyridine rings is 1. The Hall–Kier alpha value is -1.87. The molecule has 1 fully saturated rings. The predicted molar refractivity (Wildman–Crippen MR) is 103 cm³/mol. The lowest BCUT2D eigenvalue weighted by molar-refractivity contribution is 0.123. The maximum Gasteiger partial charge on any atom is 0.123 e. The van der Waals surface area contributed by atoms with Crippen LogP contribution in [0.25, 0.3) is 0 Å². The van der Waals surface area contributed by atoms with Crippen LogP contribution in [0.4, 0.5) is 0 Å². The summed E-state index contributed by atoms with van der Waals surface area (Å²) in [6, 6.07) is 11.3. The number of rotatable bonds is 6. The van der Waals surface area contributed by atoms with Crippen molar-refractivity contribution in [3.63, 3.8) is 0 Å². The molecule has 3 nitrogen and oxygen atoms in total. The molecule has 3 rings (SSSR count). The van der Waals surface area contributed by atoms with Gasteiger partial charge in [-0.05, 0) is 61.1 Å².